The Morgan fingerprint density at radius 3 is 2.92 bits per heavy atom. The van der Waals surface area contributed by atoms with Crippen LogP contribution < -0.4 is 5.32 Å². The minimum atomic E-state index is -2.89. The van der Waals surface area contributed by atoms with E-state index in [1.54, 1.807) is 12.4 Å². The monoisotopic (exact) mass is 334 g/mol. The Morgan fingerprint density at radius 2 is 2.12 bits per heavy atom. The largest absolute Gasteiger partial charge is 0.481 e. The van der Waals surface area contributed by atoms with Crippen molar-refractivity contribution >= 4 is 16.7 Å². The fraction of sp³-hybridized carbons (Fsp3) is 0.444. The van der Waals surface area contributed by atoms with Crippen LogP contribution in [-0.2, 0) is 11.3 Å². The summed E-state index contributed by atoms with van der Waals surface area (Å²) in [6, 6.07) is 6.59. The number of nitrogens with zero attached hydrogens (tertiary/aromatic N) is 1. The van der Waals surface area contributed by atoms with E-state index >= 15 is 0 Å². The van der Waals surface area contributed by atoms with E-state index in [9.17, 15) is 13.6 Å². The Bertz CT molecular complexity index is 731. The van der Waals surface area contributed by atoms with Gasteiger partial charge in [0, 0.05) is 30.7 Å². The summed E-state index contributed by atoms with van der Waals surface area (Å²) in [6.45, 7) is 0.319. The maximum atomic E-state index is 14.3. The molecular weight excluding hydrogens is 314 g/mol. The molecule has 1 fully saturated rings. The van der Waals surface area contributed by atoms with Gasteiger partial charge in [-0.2, -0.15) is 0 Å². The van der Waals surface area contributed by atoms with Crippen LogP contribution in [0, 0.1) is 5.92 Å². The highest BCUT2D eigenvalue weighted by Crippen LogP contribution is 2.35. The first-order valence-electron chi connectivity index (χ1n) is 8.13. The van der Waals surface area contributed by atoms with Crippen LogP contribution in [0.1, 0.15) is 31.2 Å². The zero-order valence-corrected chi connectivity index (χ0v) is 13.2. The number of hydrogen-bond donors (Lipinski definition) is 2. The van der Waals surface area contributed by atoms with Gasteiger partial charge in [-0.05, 0) is 36.3 Å². The van der Waals surface area contributed by atoms with Crippen molar-refractivity contribution in [3.05, 3.63) is 42.2 Å². The average molecular weight is 334 g/mol. The van der Waals surface area contributed by atoms with E-state index in [2.05, 4.69) is 10.3 Å². The third-order valence-electron chi connectivity index (χ3n) is 4.80. The first kappa shape index (κ1) is 16.8. The van der Waals surface area contributed by atoms with E-state index in [0.29, 0.717) is 6.54 Å². The molecule has 0 aliphatic heterocycles. The maximum Gasteiger partial charge on any atom is 0.306 e. The summed E-state index contributed by atoms with van der Waals surface area (Å²) in [6.07, 6.45) is 3.51. The summed E-state index contributed by atoms with van der Waals surface area (Å²) in [5, 5.41) is 14.0. The minimum Gasteiger partial charge on any atom is -0.481 e. The normalized spacial score (nSPS) is 23.8. The van der Waals surface area contributed by atoms with Crippen LogP contribution in [0.2, 0.25) is 0 Å². The molecule has 0 amide bonds. The number of rotatable bonds is 4. The highest BCUT2D eigenvalue weighted by atomic mass is 19.3. The van der Waals surface area contributed by atoms with Crippen LogP contribution in [0.3, 0.4) is 0 Å². The van der Waals surface area contributed by atoms with Crippen LogP contribution in [0.25, 0.3) is 10.8 Å². The molecule has 1 aromatic heterocycles. The molecule has 4 nitrogen and oxygen atoms in total. The van der Waals surface area contributed by atoms with Crippen molar-refractivity contribution in [3.63, 3.8) is 0 Å². The van der Waals surface area contributed by atoms with E-state index in [-0.39, 0.29) is 25.7 Å². The van der Waals surface area contributed by atoms with Gasteiger partial charge in [0.05, 0.1) is 12.0 Å². The molecule has 2 aromatic rings. The fourth-order valence-corrected chi connectivity index (χ4v) is 3.34. The van der Waals surface area contributed by atoms with Gasteiger partial charge in [-0.25, -0.2) is 8.78 Å². The van der Waals surface area contributed by atoms with Crippen molar-refractivity contribution in [1.82, 2.24) is 10.3 Å². The van der Waals surface area contributed by atoms with Gasteiger partial charge in [-0.15, -0.1) is 0 Å². The molecule has 1 saturated carbocycles. The summed E-state index contributed by atoms with van der Waals surface area (Å²) in [4.78, 5) is 15.1. The number of hydrogen-bond acceptors (Lipinski definition) is 3. The smallest absolute Gasteiger partial charge is 0.306 e. The van der Waals surface area contributed by atoms with Crippen molar-refractivity contribution in [2.75, 3.05) is 0 Å². The topological polar surface area (TPSA) is 62.2 Å². The molecule has 0 radical (unpaired) electrons. The highest BCUT2D eigenvalue weighted by molar-refractivity contribution is 5.84. The molecule has 128 valence electrons. The number of aromatic nitrogens is 1. The van der Waals surface area contributed by atoms with Gasteiger partial charge in [0.2, 0.25) is 0 Å². The first-order valence-corrected chi connectivity index (χ1v) is 8.13. The van der Waals surface area contributed by atoms with Crippen LogP contribution in [-0.4, -0.2) is 28.0 Å². The Kier molecular flexibility index (Phi) is 4.76. The lowest BCUT2D eigenvalue weighted by Gasteiger charge is -2.26. The molecule has 1 heterocycles. The van der Waals surface area contributed by atoms with Gasteiger partial charge in [0.25, 0.3) is 5.92 Å². The second kappa shape index (κ2) is 6.81. The van der Waals surface area contributed by atoms with Crippen LogP contribution >= 0.6 is 0 Å². The Balaban J connectivity index is 1.73. The number of pyridine rings is 1. The number of nitrogens with one attached hydrogen (secondary N) is 1. The maximum absolute atomic E-state index is 14.3. The van der Waals surface area contributed by atoms with Gasteiger partial charge in [0.1, 0.15) is 0 Å². The van der Waals surface area contributed by atoms with Crippen molar-refractivity contribution in [2.45, 2.75) is 44.2 Å². The van der Waals surface area contributed by atoms with Gasteiger partial charge < -0.3 is 10.4 Å². The number of halogens is 2. The number of fused-ring (bicyclic) bond motifs is 1. The highest BCUT2D eigenvalue weighted by Gasteiger charge is 2.42. The van der Waals surface area contributed by atoms with Gasteiger partial charge >= 0.3 is 5.97 Å². The fourth-order valence-electron chi connectivity index (χ4n) is 3.34. The molecule has 6 heteroatoms. The number of carboxylic acids is 1. The predicted octanol–water partition coefficient (Wildman–Crippen LogP) is 3.60. The van der Waals surface area contributed by atoms with Gasteiger partial charge in [-0.3, -0.25) is 9.78 Å². The van der Waals surface area contributed by atoms with Gasteiger partial charge in [0.15, 0.2) is 0 Å². The lowest BCUT2D eigenvalue weighted by molar-refractivity contribution is -0.142. The van der Waals surface area contributed by atoms with Crippen LogP contribution in [0.5, 0.6) is 0 Å². The standard InChI is InChI=1S/C18H20F2N2O2/c19-18(20)8-6-12(17(23)24)4-5-16(18)22-11-14-3-1-2-13-10-21-9-7-15(13)14/h1-3,7,9-10,12,16,22H,4-6,8,11H2,(H,23,24)/t12-,16-/m1/s1. The van der Waals surface area contributed by atoms with Crippen molar-refractivity contribution in [3.8, 4) is 0 Å². The van der Waals surface area contributed by atoms with E-state index in [4.69, 9.17) is 5.11 Å². The third kappa shape index (κ3) is 3.53. The van der Waals surface area contributed by atoms with E-state index in [0.717, 1.165) is 16.3 Å². The quantitative estimate of drug-likeness (QED) is 0.839. The van der Waals surface area contributed by atoms with E-state index < -0.39 is 23.9 Å². The molecular formula is C18H20F2N2O2. The number of carbonyl (C=O) groups is 1. The summed E-state index contributed by atoms with van der Waals surface area (Å²) < 4.78 is 28.6. The average Bonchev–Trinajstić information content (AvgIpc) is 2.71. The Labute approximate surface area is 138 Å². The molecule has 2 N–H and O–H groups in total. The molecule has 2 atom stereocenters. The van der Waals surface area contributed by atoms with E-state index in [1.165, 1.54) is 0 Å². The van der Waals surface area contributed by atoms with Crippen molar-refractivity contribution in [2.24, 2.45) is 5.92 Å². The summed E-state index contributed by atoms with van der Waals surface area (Å²) in [5.41, 5.74) is 0.935. The van der Waals surface area contributed by atoms with Crippen molar-refractivity contribution < 1.29 is 18.7 Å². The Morgan fingerprint density at radius 1 is 1.29 bits per heavy atom. The molecule has 1 aliphatic rings. The Hall–Kier alpha value is -2.08. The molecule has 3 rings (SSSR count). The molecule has 1 aromatic carbocycles. The molecule has 0 bridgehead atoms. The van der Waals surface area contributed by atoms with Crippen molar-refractivity contribution in [1.29, 1.82) is 0 Å². The summed E-state index contributed by atoms with van der Waals surface area (Å²) >= 11 is 0. The number of benzene rings is 1. The number of alkyl halides is 2. The minimum absolute atomic E-state index is 0.0282. The number of carboxylic acid groups (broad SMARTS) is 1. The molecule has 1 aliphatic carbocycles. The molecule has 0 saturated heterocycles. The SMILES string of the molecule is O=C(O)[C@@H]1CC[C@@H](NCc2cccc3cnccc23)C(F)(F)CC1. The number of aliphatic carboxylic acids is 1. The third-order valence-corrected chi connectivity index (χ3v) is 4.80. The van der Waals surface area contributed by atoms with Crippen LogP contribution in [0.15, 0.2) is 36.7 Å². The lowest BCUT2D eigenvalue weighted by Crippen LogP contribution is -2.43. The second-order valence-electron chi connectivity index (χ2n) is 6.36. The van der Waals surface area contributed by atoms with Crippen LogP contribution in [0.4, 0.5) is 8.78 Å². The van der Waals surface area contributed by atoms with E-state index in [1.807, 2.05) is 24.3 Å². The predicted molar refractivity (Wildman–Crippen MR) is 86.9 cm³/mol. The first-order chi connectivity index (χ1) is 11.5. The summed E-state index contributed by atoms with van der Waals surface area (Å²) in [7, 11) is 0. The zero-order chi connectivity index (χ0) is 17.2. The molecule has 0 spiro atoms. The van der Waals surface area contributed by atoms with Gasteiger partial charge in [-0.1, -0.05) is 18.2 Å². The summed E-state index contributed by atoms with van der Waals surface area (Å²) in [5.74, 6) is -4.55. The lowest BCUT2D eigenvalue weighted by atomic mass is 10.0. The molecule has 0 unspecified atom stereocenters. The molecule has 24 heavy (non-hydrogen) atoms. The zero-order valence-electron chi connectivity index (χ0n) is 13.2. The second-order valence-corrected chi connectivity index (χ2v) is 6.36.